The molecule has 106 valence electrons. The highest BCUT2D eigenvalue weighted by molar-refractivity contribution is 7.84. The van der Waals surface area contributed by atoms with Crippen molar-refractivity contribution in [1.29, 1.82) is 0 Å². The fourth-order valence-corrected chi connectivity index (χ4v) is 2.82. The Morgan fingerprint density at radius 2 is 1.70 bits per heavy atom. The largest absolute Gasteiger partial charge is 0.326 e. The molecule has 2 nitrogen and oxygen atoms in total. The summed E-state index contributed by atoms with van der Waals surface area (Å²) in [7, 11) is -1.65. The maximum atomic E-state index is 13.7. The Balaban J connectivity index is 2.21. The van der Waals surface area contributed by atoms with E-state index in [-0.39, 0.29) is 22.8 Å². The van der Waals surface area contributed by atoms with Crippen LogP contribution in [0, 0.1) is 17.5 Å². The Hall–Kier alpha value is -1.66. The molecular formula is C14H12F3NOS. The first kappa shape index (κ1) is 14.7. The topological polar surface area (TPSA) is 43.1 Å². The van der Waals surface area contributed by atoms with Crippen LogP contribution in [0.1, 0.15) is 11.1 Å². The van der Waals surface area contributed by atoms with Crippen molar-refractivity contribution in [3.63, 3.8) is 0 Å². The Kier molecular flexibility index (Phi) is 4.57. The van der Waals surface area contributed by atoms with Crippen LogP contribution in [0.15, 0.2) is 41.3 Å². The summed E-state index contributed by atoms with van der Waals surface area (Å²) in [6.07, 6.45) is 0. The second kappa shape index (κ2) is 6.19. The van der Waals surface area contributed by atoms with Gasteiger partial charge in [0.05, 0.1) is 16.6 Å². The molecule has 0 aliphatic carbocycles. The number of hydrogen-bond donors (Lipinski definition) is 1. The first-order chi connectivity index (χ1) is 9.51. The van der Waals surface area contributed by atoms with E-state index in [0.29, 0.717) is 5.56 Å². The SMILES string of the molecule is NCc1ccc(CS(=O)c2ccc(F)c(F)c2)c(F)c1. The van der Waals surface area contributed by atoms with E-state index in [1.807, 2.05) is 0 Å². The van der Waals surface area contributed by atoms with E-state index in [1.54, 1.807) is 6.07 Å². The van der Waals surface area contributed by atoms with Crippen molar-refractivity contribution in [1.82, 2.24) is 0 Å². The van der Waals surface area contributed by atoms with Crippen LogP contribution in [-0.2, 0) is 23.1 Å². The fraction of sp³-hybridized carbons (Fsp3) is 0.143. The van der Waals surface area contributed by atoms with Crippen LogP contribution in [0.25, 0.3) is 0 Å². The van der Waals surface area contributed by atoms with Crippen LogP contribution < -0.4 is 5.73 Å². The predicted octanol–water partition coefficient (Wildman–Crippen LogP) is 2.87. The molecule has 0 spiro atoms. The lowest BCUT2D eigenvalue weighted by Crippen LogP contribution is -2.02. The molecule has 0 saturated heterocycles. The highest BCUT2D eigenvalue weighted by atomic mass is 32.2. The van der Waals surface area contributed by atoms with Crippen molar-refractivity contribution in [2.45, 2.75) is 17.2 Å². The average Bonchev–Trinajstić information content (AvgIpc) is 2.43. The summed E-state index contributed by atoms with van der Waals surface area (Å²) in [6.45, 7) is 0.212. The zero-order chi connectivity index (χ0) is 14.7. The molecule has 0 aliphatic rings. The minimum absolute atomic E-state index is 0.109. The molecule has 6 heteroatoms. The second-order valence-electron chi connectivity index (χ2n) is 4.20. The number of benzene rings is 2. The molecule has 0 heterocycles. The molecule has 20 heavy (non-hydrogen) atoms. The Morgan fingerprint density at radius 1 is 0.950 bits per heavy atom. The molecule has 2 N–H and O–H groups in total. The van der Waals surface area contributed by atoms with Crippen molar-refractivity contribution < 1.29 is 17.4 Å². The van der Waals surface area contributed by atoms with E-state index >= 15 is 0 Å². The van der Waals surface area contributed by atoms with Crippen LogP contribution in [0.5, 0.6) is 0 Å². The quantitative estimate of drug-likeness (QED) is 0.943. The second-order valence-corrected chi connectivity index (χ2v) is 5.65. The van der Waals surface area contributed by atoms with Gasteiger partial charge < -0.3 is 5.73 Å². The maximum Gasteiger partial charge on any atom is 0.160 e. The van der Waals surface area contributed by atoms with Gasteiger partial charge >= 0.3 is 0 Å². The summed E-state index contributed by atoms with van der Waals surface area (Å²) in [6, 6.07) is 7.39. The Labute approximate surface area is 116 Å². The molecule has 0 fully saturated rings. The maximum absolute atomic E-state index is 13.7. The van der Waals surface area contributed by atoms with E-state index in [4.69, 9.17) is 5.73 Å². The van der Waals surface area contributed by atoms with Gasteiger partial charge in [-0.05, 0) is 29.8 Å². The van der Waals surface area contributed by atoms with Gasteiger partial charge in [0.15, 0.2) is 11.6 Å². The third-order valence-electron chi connectivity index (χ3n) is 2.79. The van der Waals surface area contributed by atoms with Gasteiger partial charge in [-0.25, -0.2) is 13.2 Å². The molecule has 0 aromatic heterocycles. The van der Waals surface area contributed by atoms with Crippen molar-refractivity contribution in [3.05, 3.63) is 65.0 Å². The van der Waals surface area contributed by atoms with E-state index in [0.717, 1.165) is 12.1 Å². The molecule has 0 radical (unpaired) electrons. The summed E-state index contributed by atoms with van der Waals surface area (Å²) in [5.41, 5.74) is 6.26. The van der Waals surface area contributed by atoms with Crippen LogP contribution in [0.3, 0.4) is 0 Å². The van der Waals surface area contributed by atoms with Gasteiger partial charge in [0.2, 0.25) is 0 Å². The minimum atomic E-state index is -1.65. The number of halogens is 3. The monoisotopic (exact) mass is 299 g/mol. The highest BCUT2D eigenvalue weighted by Crippen LogP contribution is 2.18. The van der Waals surface area contributed by atoms with Gasteiger partial charge in [-0.15, -0.1) is 0 Å². The first-order valence-corrected chi connectivity index (χ1v) is 7.14. The van der Waals surface area contributed by atoms with Crippen LogP contribution in [0.4, 0.5) is 13.2 Å². The summed E-state index contributed by atoms with van der Waals surface area (Å²) in [5, 5.41) is 0. The van der Waals surface area contributed by atoms with E-state index in [1.165, 1.54) is 18.2 Å². The van der Waals surface area contributed by atoms with Gasteiger partial charge in [-0.2, -0.15) is 0 Å². The number of rotatable bonds is 4. The smallest absolute Gasteiger partial charge is 0.160 e. The third-order valence-corrected chi connectivity index (χ3v) is 4.15. The fourth-order valence-electron chi connectivity index (χ4n) is 1.68. The molecule has 0 saturated carbocycles. The highest BCUT2D eigenvalue weighted by Gasteiger charge is 2.12. The minimum Gasteiger partial charge on any atom is -0.326 e. The van der Waals surface area contributed by atoms with Crippen molar-refractivity contribution >= 4 is 10.8 Å². The average molecular weight is 299 g/mol. The normalized spacial score (nSPS) is 12.4. The Morgan fingerprint density at radius 3 is 2.30 bits per heavy atom. The summed E-state index contributed by atoms with van der Waals surface area (Å²) < 4.78 is 51.6. The number of nitrogens with two attached hydrogens (primary N) is 1. The lowest BCUT2D eigenvalue weighted by molar-refractivity contribution is 0.505. The molecule has 2 rings (SSSR count). The van der Waals surface area contributed by atoms with Crippen molar-refractivity contribution in [2.75, 3.05) is 0 Å². The van der Waals surface area contributed by atoms with Crippen molar-refractivity contribution in [2.24, 2.45) is 5.73 Å². The lowest BCUT2D eigenvalue weighted by Gasteiger charge is -2.06. The zero-order valence-corrected chi connectivity index (χ0v) is 11.2. The third kappa shape index (κ3) is 3.26. The van der Waals surface area contributed by atoms with E-state index < -0.39 is 28.3 Å². The summed E-state index contributed by atoms with van der Waals surface area (Å²) in [5.74, 6) is -2.70. The molecule has 0 aliphatic heterocycles. The standard InChI is InChI=1S/C14H12F3NOS/c15-12-4-3-11(6-14(12)17)20(19)8-10-2-1-9(7-18)5-13(10)16/h1-6H,7-8,18H2. The predicted molar refractivity (Wildman–Crippen MR) is 70.8 cm³/mol. The summed E-state index contributed by atoms with van der Waals surface area (Å²) in [4.78, 5) is 0.117. The van der Waals surface area contributed by atoms with E-state index in [2.05, 4.69) is 0 Å². The van der Waals surface area contributed by atoms with Crippen molar-refractivity contribution in [3.8, 4) is 0 Å². The molecule has 1 unspecified atom stereocenters. The molecule has 0 amide bonds. The van der Waals surface area contributed by atoms with Crippen LogP contribution in [-0.4, -0.2) is 4.21 Å². The lowest BCUT2D eigenvalue weighted by atomic mass is 10.1. The number of hydrogen-bond acceptors (Lipinski definition) is 2. The van der Waals surface area contributed by atoms with Gasteiger partial charge in [0.1, 0.15) is 5.82 Å². The molecule has 1 atom stereocenters. The first-order valence-electron chi connectivity index (χ1n) is 5.82. The molecule has 0 bridgehead atoms. The molecular weight excluding hydrogens is 287 g/mol. The molecule has 2 aromatic carbocycles. The van der Waals surface area contributed by atoms with Gasteiger partial charge in [0.25, 0.3) is 0 Å². The van der Waals surface area contributed by atoms with Gasteiger partial charge in [-0.1, -0.05) is 12.1 Å². The zero-order valence-electron chi connectivity index (χ0n) is 10.4. The Bertz CT molecular complexity index is 661. The molecule has 2 aromatic rings. The van der Waals surface area contributed by atoms with Gasteiger partial charge in [-0.3, -0.25) is 4.21 Å². The van der Waals surface area contributed by atoms with Crippen LogP contribution >= 0.6 is 0 Å². The van der Waals surface area contributed by atoms with E-state index in [9.17, 15) is 17.4 Å². The summed E-state index contributed by atoms with van der Waals surface area (Å²) >= 11 is 0. The van der Waals surface area contributed by atoms with Crippen LogP contribution in [0.2, 0.25) is 0 Å². The van der Waals surface area contributed by atoms with Gasteiger partial charge in [0, 0.05) is 17.0 Å².